The molecule has 2 unspecified atom stereocenters. The van der Waals surface area contributed by atoms with Crippen molar-refractivity contribution in [1.29, 1.82) is 0 Å². The number of rotatable bonds is 70. The van der Waals surface area contributed by atoms with Gasteiger partial charge in [-0.25, -0.2) is 4.57 Å². The number of unbranched alkanes of at least 4 members (excludes halogenated alkanes) is 35. The number of nitrogens with two attached hydrogens (primary N) is 1. The molecule has 0 spiro atoms. The Morgan fingerprint density at radius 3 is 0.846 bits per heavy atom. The second kappa shape index (κ2) is 75.2. The largest absolute Gasteiger partial charge is 0.472 e. The molecule has 0 bridgehead atoms. The van der Waals surface area contributed by atoms with Crippen LogP contribution in [0.2, 0.25) is 0 Å². The van der Waals surface area contributed by atoms with Crippen LogP contribution >= 0.6 is 7.82 Å². The van der Waals surface area contributed by atoms with Crippen LogP contribution in [0.4, 0.5) is 0 Å². The number of allylic oxidation sites excluding steroid dienone is 22. The summed E-state index contributed by atoms with van der Waals surface area (Å²) >= 11 is 0. The van der Waals surface area contributed by atoms with Gasteiger partial charge in [-0.2, -0.15) is 0 Å². The zero-order chi connectivity index (χ0) is 65.8. The Labute approximate surface area is 561 Å². The molecule has 0 rings (SSSR count). The lowest BCUT2D eigenvalue weighted by Gasteiger charge is -2.19. The molecule has 2 atom stereocenters. The number of hydrogen-bond acceptors (Lipinski definition) is 8. The highest BCUT2D eigenvalue weighted by Gasteiger charge is 2.26. The Hall–Kier alpha value is -3.85. The molecular formula is C81H140NO8P. The molecule has 0 aliphatic heterocycles. The summed E-state index contributed by atoms with van der Waals surface area (Å²) < 4.78 is 33.2. The first-order valence-corrected chi connectivity index (χ1v) is 39.2. The van der Waals surface area contributed by atoms with Gasteiger partial charge >= 0.3 is 19.8 Å². The van der Waals surface area contributed by atoms with E-state index in [0.29, 0.717) is 6.42 Å². The molecule has 0 aromatic carbocycles. The number of phosphoric ester groups is 1. The third kappa shape index (κ3) is 75.1. The van der Waals surface area contributed by atoms with Gasteiger partial charge < -0.3 is 20.1 Å². The molecule has 3 N–H and O–H groups in total. The van der Waals surface area contributed by atoms with Gasteiger partial charge in [-0.05, 0) is 109 Å². The van der Waals surface area contributed by atoms with Gasteiger partial charge in [-0.1, -0.05) is 347 Å². The molecule has 0 aliphatic carbocycles. The lowest BCUT2D eigenvalue weighted by Crippen LogP contribution is -2.29. The highest BCUT2D eigenvalue weighted by molar-refractivity contribution is 7.47. The first kappa shape index (κ1) is 87.2. The van der Waals surface area contributed by atoms with E-state index < -0.39 is 26.5 Å². The highest BCUT2D eigenvalue weighted by Crippen LogP contribution is 2.43. The summed E-state index contributed by atoms with van der Waals surface area (Å²) in [6.07, 6.45) is 107. The molecule has 10 heteroatoms. The van der Waals surface area contributed by atoms with Crippen molar-refractivity contribution < 1.29 is 37.6 Å². The summed E-state index contributed by atoms with van der Waals surface area (Å²) in [6, 6.07) is 0. The van der Waals surface area contributed by atoms with Crippen LogP contribution in [0.25, 0.3) is 0 Å². The fourth-order valence-corrected chi connectivity index (χ4v) is 11.3. The summed E-state index contributed by atoms with van der Waals surface area (Å²) in [4.78, 5) is 35.4. The molecule has 522 valence electrons. The quantitative estimate of drug-likeness (QED) is 0.0264. The van der Waals surface area contributed by atoms with Gasteiger partial charge in [0.2, 0.25) is 0 Å². The number of carbonyl (C=O) groups is 2. The Bertz CT molecular complexity index is 1960. The maximum Gasteiger partial charge on any atom is 0.472 e. The van der Waals surface area contributed by atoms with E-state index in [9.17, 15) is 19.0 Å². The first-order valence-electron chi connectivity index (χ1n) is 37.7. The fourth-order valence-electron chi connectivity index (χ4n) is 10.6. The lowest BCUT2D eigenvalue weighted by atomic mass is 10.0. The molecule has 0 saturated heterocycles. The van der Waals surface area contributed by atoms with E-state index in [1.54, 1.807) is 0 Å². The van der Waals surface area contributed by atoms with Gasteiger partial charge in [0, 0.05) is 19.4 Å². The minimum atomic E-state index is -4.40. The second-order valence-electron chi connectivity index (χ2n) is 24.8. The Balaban J connectivity index is 3.83. The van der Waals surface area contributed by atoms with Crippen LogP contribution in [0, 0.1) is 0 Å². The number of ether oxygens (including phenoxy) is 2. The molecule has 0 aliphatic rings. The van der Waals surface area contributed by atoms with Crippen molar-refractivity contribution in [2.24, 2.45) is 5.73 Å². The van der Waals surface area contributed by atoms with Crippen molar-refractivity contribution in [3.8, 4) is 0 Å². The number of phosphoric acid groups is 1. The Kier molecular flexibility index (Phi) is 72.0. The van der Waals surface area contributed by atoms with Gasteiger partial charge in [0.05, 0.1) is 13.2 Å². The average Bonchev–Trinajstić information content (AvgIpc) is 3.74. The SMILES string of the molecule is CC/C=C\C/C=C\C/C=C\C/C=C\C/C=C\C/C=C\C/C=C\CCCCCCCCCCCCCCCCCCCCCC(=O)OC(COC(=O)CCCCCCCCCCCCCCCCCC/C=C\C/C=C\C/C=C\C/C=C\CC)COP(=O)(O)OCCN. The van der Waals surface area contributed by atoms with Crippen molar-refractivity contribution in [2.45, 2.75) is 341 Å². The summed E-state index contributed by atoms with van der Waals surface area (Å²) in [6.45, 7) is 3.55. The van der Waals surface area contributed by atoms with E-state index in [-0.39, 0.29) is 38.6 Å². The maximum atomic E-state index is 12.8. The monoisotopic (exact) mass is 1290 g/mol. The molecule has 91 heavy (non-hydrogen) atoms. The molecular weight excluding hydrogens is 1150 g/mol. The van der Waals surface area contributed by atoms with E-state index in [1.807, 2.05) is 0 Å². The van der Waals surface area contributed by atoms with E-state index in [1.165, 1.54) is 193 Å². The summed E-state index contributed by atoms with van der Waals surface area (Å²) in [5.41, 5.74) is 5.41. The van der Waals surface area contributed by atoms with Crippen molar-refractivity contribution in [1.82, 2.24) is 0 Å². The smallest absolute Gasteiger partial charge is 0.462 e. The van der Waals surface area contributed by atoms with Crippen LogP contribution in [0.15, 0.2) is 134 Å². The molecule has 0 aromatic rings. The fraction of sp³-hybridized carbons (Fsp3) is 0.704. The van der Waals surface area contributed by atoms with Crippen LogP contribution < -0.4 is 5.73 Å². The summed E-state index contributed by atoms with van der Waals surface area (Å²) in [7, 11) is -4.40. The molecule has 0 amide bonds. The van der Waals surface area contributed by atoms with Gasteiger partial charge in [0.1, 0.15) is 6.61 Å². The molecule has 9 nitrogen and oxygen atoms in total. The number of esters is 2. The van der Waals surface area contributed by atoms with Crippen molar-refractivity contribution >= 4 is 19.8 Å². The predicted molar refractivity (Wildman–Crippen MR) is 394 cm³/mol. The summed E-state index contributed by atoms with van der Waals surface area (Å²) in [5.74, 6) is -0.818. The standard InChI is InChI=1S/C81H140NO8P/c1-3-5-7-9-11-13-15-17-19-21-23-25-27-29-31-33-34-35-36-37-38-39-40-41-42-43-44-46-48-50-52-54-56-58-60-62-64-66-68-70-72-74-81(84)90-79(78-89-91(85,86)88-76-75-82)77-87-80(83)73-71-69-67-65-63-61-59-57-55-53-51-49-47-45-32-30-28-26-24-22-20-18-16-14-12-10-8-6-4-2/h5-8,11-14,17-20,23-26,29,31,34-35,37-38,79H,3-4,9-10,15-16,21-22,27-28,30,32-33,36,39-78,82H2,1-2H3,(H,85,86)/b7-5-,8-6-,13-11-,14-12-,19-17-,20-18-,25-23-,26-24-,31-29-,35-34-,38-37-. The molecule has 0 radical (unpaired) electrons. The maximum absolute atomic E-state index is 12.8. The Morgan fingerprint density at radius 1 is 0.330 bits per heavy atom. The van der Waals surface area contributed by atoms with Gasteiger partial charge in [0.15, 0.2) is 6.10 Å². The van der Waals surface area contributed by atoms with Gasteiger partial charge in [-0.15, -0.1) is 0 Å². The van der Waals surface area contributed by atoms with Gasteiger partial charge in [0.25, 0.3) is 0 Å². The normalized spacial score (nSPS) is 13.7. The first-order chi connectivity index (χ1) is 44.8. The van der Waals surface area contributed by atoms with Crippen LogP contribution in [0.1, 0.15) is 335 Å². The zero-order valence-corrected chi connectivity index (χ0v) is 59.7. The molecule has 0 fully saturated rings. The van der Waals surface area contributed by atoms with Crippen LogP contribution in [-0.2, 0) is 32.7 Å². The molecule has 0 heterocycles. The molecule has 0 saturated carbocycles. The molecule has 0 aromatic heterocycles. The minimum Gasteiger partial charge on any atom is -0.462 e. The third-order valence-electron chi connectivity index (χ3n) is 16.0. The van der Waals surface area contributed by atoms with E-state index >= 15 is 0 Å². The number of carbonyl (C=O) groups excluding carboxylic acids is 2. The van der Waals surface area contributed by atoms with Crippen molar-refractivity contribution in [2.75, 3.05) is 26.4 Å². The lowest BCUT2D eigenvalue weighted by molar-refractivity contribution is -0.161. The van der Waals surface area contributed by atoms with Gasteiger partial charge in [-0.3, -0.25) is 18.6 Å². The minimum absolute atomic E-state index is 0.0508. The van der Waals surface area contributed by atoms with Crippen LogP contribution in [0.5, 0.6) is 0 Å². The van der Waals surface area contributed by atoms with Crippen molar-refractivity contribution in [3.63, 3.8) is 0 Å². The van der Waals surface area contributed by atoms with Crippen LogP contribution in [0.3, 0.4) is 0 Å². The zero-order valence-electron chi connectivity index (χ0n) is 58.8. The third-order valence-corrected chi connectivity index (χ3v) is 17.0. The van der Waals surface area contributed by atoms with E-state index in [4.69, 9.17) is 24.3 Å². The second-order valence-corrected chi connectivity index (χ2v) is 26.2. The van der Waals surface area contributed by atoms with Crippen molar-refractivity contribution in [3.05, 3.63) is 134 Å². The topological polar surface area (TPSA) is 134 Å². The van der Waals surface area contributed by atoms with Crippen LogP contribution in [-0.4, -0.2) is 49.3 Å². The summed E-state index contributed by atoms with van der Waals surface area (Å²) in [5, 5.41) is 0. The van der Waals surface area contributed by atoms with E-state index in [0.717, 1.165) is 109 Å². The Morgan fingerprint density at radius 2 is 0.571 bits per heavy atom. The number of hydrogen-bond donors (Lipinski definition) is 2. The van der Waals surface area contributed by atoms with E-state index in [2.05, 4.69) is 148 Å². The average molecular weight is 1290 g/mol. The predicted octanol–water partition coefficient (Wildman–Crippen LogP) is 25.2. The highest BCUT2D eigenvalue weighted by atomic mass is 31.2.